The van der Waals surface area contributed by atoms with E-state index in [9.17, 15) is 8.42 Å². The van der Waals surface area contributed by atoms with E-state index in [2.05, 4.69) is 17.0 Å². The van der Waals surface area contributed by atoms with E-state index in [1.165, 1.54) is 17.1 Å². The van der Waals surface area contributed by atoms with Crippen molar-refractivity contribution in [3.05, 3.63) is 0 Å². The Morgan fingerprint density at radius 2 is 2.06 bits per heavy atom. The van der Waals surface area contributed by atoms with Crippen LogP contribution in [0.3, 0.4) is 0 Å². The van der Waals surface area contributed by atoms with E-state index >= 15 is 0 Å². The molecule has 18 heavy (non-hydrogen) atoms. The zero-order valence-corrected chi connectivity index (χ0v) is 12.6. The fourth-order valence-corrected chi connectivity index (χ4v) is 3.03. The standard InChI is InChI=1S/C12H27N3O2S/c1-4-6-11(2)14-18(16,17)15(3)10-5-9-13-12-7-8-12/h11-14H,4-10H2,1-3H3. The molecule has 0 spiro atoms. The van der Waals surface area contributed by atoms with Crippen molar-refractivity contribution in [2.75, 3.05) is 20.1 Å². The summed E-state index contributed by atoms with van der Waals surface area (Å²) in [5.74, 6) is 0. The summed E-state index contributed by atoms with van der Waals surface area (Å²) in [6.07, 6.45) is 5.25. The second-order valence-corrected chi connectivity index (χ2v) is 7.03. The zero-order valence-electron chi connectivity index (χ0n) is 11.8. The molecule has 1 saturated carbocycles. The fourth-order valence-electron chi connectivity index (χ4n) is 1.85. The summed E-state index contributed by atoms with van der Waals surface area (Å²) >= 11 is 0. The van der Waals surface area contributed by atoms with E-state index < -0.39 is 10.2 Å². The summed E-state index contributed by atoms with van der Waals surface area (Å²) in [5, 5.41) is 3.38. The second kappa shape index (κ2) is 7.43. The summed E-state index contributed by atoms with van der Waals surface area (Å²) in [6, 6.07) is 0.696. The van der Waals surface area contributed by atoms with E-state index in [-0.39, 0.29) is 6.04 Å². The van der Waals surface area contributed by atoms with Crippen molar-refractivity contribution >= 4 is 10.2 Å². The fraction of sp³-hybridized carbons (Fsp3) is 1.00. The Morgan fingerprint density at radius 1 is 1.39 bits per heavy atom. The summed E-state index contributed by atoms with van der Waals surface area (Å²) in [6.45, 7) is 5.42. The van der Waals surface area contributed by atoms with Crippen molar-refractivity contribution in [2.24, 2.45) is 0 Å². The SMILES string of the molecule is CCCC(C)NS(=O)(=O)N(C)CCCNC1CC1. The van der Waals surface area contributed by atoms with Gasteiger partial charge in [0, 0.05) is 25.7 Å². The third kappa shape index (κ3) is 6.13. The number of nitrogens with zero attached hydrogens (tertiary/aromatic N) is 1. The molecule has 0 aromatic rings. The maximum absolute atomic E-state index is 12.0. The predicted molar refractivity (Wildman–Crippen MR) is 74.7 cm³/mol. The highest BCUT2D eigenvalue weighted by Gasteiger charge is 2.21. The van der Waals surface area contributed by atoms with Gasteiger partial charge < -0.3 is 5.32 Å². The average Bonchev–Trinajstić information content (AvgIpc) is 3.07. The van der Waals surface area contributed by atoms with Gasteiger partial charge in [0.05, 0.1) is 0 Å². The van der Waals surface area contributed by atoms with Crippen LogP contribution < -0.4 is 10.0 Å². The molecule has 108 valence electrons. The molecule has 1 atom stereocenters. The van der Waals surface area contributed by atoms with Crippen LogP contribution in [0, 0.1) is 0 Å². The molecule has 5 nitrogen and oxygen atoms in total. The van der Waals surface area contributed by atoms with E-state index in [4.69, 9.17) is 0 Å². The molecule has 1 unspecified atom stereocenters. The average molecular weight is 277 g/mol. The molecule has 0 amide bonds. The van der Waals surface area contributed by atoms with Crippen LogP contribution in [0.15, 0.2) is 0 Å². The van der Waals surface area contributed by atoms with Gasteiger partial charge in [0.25, 0.3) is 10.2 Å². The maximum Gasteiger partial charge on any atom is 0.279 e. The van der Waals surface area contributed by atoms with Gasteiger partial charge in [-0.1, -0.05) is 13.3 Å². The van der Waals surface area contributed by atoms with Gasteiger partial charge in [0.2, 0.25) is 0 Å². The van der Waals surface area contributed by atoms with Crippen molar-refractivity contribution in [1.82, 2.24) is 14.3 Å². The largest absolute Gasteiger partial charge is 0.314 e. The lowest BCUT2D eigenvalue weighted by molar-refractivity contribution is 0.433. The molecule has 0 bridgehead atoms. The van der Waals surface area contributed by atoms with Crippen molar-refractivity contribution in [3.8, 4) is 0 Å². The van der Waals surface area contributed by atoms with Crippen LogP contribution in [0.4, 0.5) is 0 Å². The second-order valence-electron chi connectivity index (χ2n) is 5.22. The quantitative estimate of drug-likeness (QED) is 0.588. The van der Waals surface area contributed by atoms with Crippen LogP contribution in [0.1, 0.15) is 46.0 Å². The number of nitrogens with one attached hydrogen (secondary N) is 2. The van der Waals surface area contributed by atoms with Gasteiger partial charge >= 0.3 is 0 Å². The molecule has 2 N–H and O–H groups in total. The molecular weight excluding hydrogens is 250 g/mol. The van der Waals surface area contributed by atoms with Gasteiger partial charge in [-0.15, -0.1) is 0 Å². The summed E-state index contributed by atoms with van der Waals surface area (Å²) < 4.78 is 28.0. The monoisotopic (exact) mass is 277 g/mol. The summed E-state index contributed by atoms with van der Waals surface area (Å²) in [4.78, 5) is 0. The van der Waals surface area contributed by atoms with Gasteiger partial charge in [0.1, 0.15) is 0 Å². The van der Waals surface area contributed by atoms with Gasteiger partial charge in [-0.05, 0) is 39.2 Å². The molecule has 0 aliphatic heterocycles. The van der Waals surface area contributed by atoms with E-state index in [1.54, 1.807) is 7.05 Å². The molecule has 6 heteroatoms. The van der Waals surface area contributed by atoms with Crippen molar-refractivity contribution in [3.63, 3.8) is 0 Å². The van der Waals surface area contributed by atoms with Gasteiger partial charge in [0.15, 0.2) is 0 Å². The molecule has 1 fully saturated rings. The van der Waals surface area contributed by atoms with Gasteiger partial charge in [-0.25, -0.2) is 0 Å². The van der Waals surface area contributed by atoms with Crippen LogP contribution in [-0.4, -0.2) is 44.9 Å². The molecule has 0 saturated heterocycles. The Hall–Kier alpha value is -0.170. The van der Waals surface area contributed by atoms with Crippen molar-refractivity contribution in [2.45, 2.75) is 58.0 Å². The van der Waals surface area contributed by atoms with Crippen LogP contribution in [0.25, 0.3) is 0 Å². The van der Waals surface area contributed by atoms with Crippen LogP contribution >= 0.6 is 0 Å². The van der Waals surface area contributed by atoms with Crippen molar-refractivity contribution < 1.29 is 8.42 Å². The minimum Gasteiger partial charge on any atom is -0.314 e. The Kier molecular flexibility index (Phi) is 6.55. The number of rotatable bonds is 10. The van der Waals surface area contributed by atoms with Crippen LogP contribution in [0.5, 0.6) is 0 Å². The third-order valence-electron chi connectivity index (χ3n) is 3.14. The Bertz CT molecular complexity index is 328. The molecule has 0 heterocycles. The normalized spacial score (nSPS) is 18.2. The van der Waals surface area contributed by atoms with Crippen molar-refractivity contribution in [1.29, 1.82) is 0 Å². The Balaban J connectivity index is 2.21. The molecule has 1 aliphatic carbocycles. The van der Waals surface area contributed by atoms with E-state index in [0.29, 0.717) is 12.6 Å². The number of hydrogen-bond donors (Lipinski definition) is 2. The lowest BCUT2D eigenvalue weighted by atomic mass is 10.2. The first-order valence-electron chi connectivity index (χ1n) is 6.92. The maximum atomic E-state index is 12.0. The topological polar surface area (TPSA) is 61.4 Å². The Morgan fingerprint density at radius 3 is 2.61 bits per heavy atom. The highest BCUT2D eigenvalue weighted by molar-refractivity contribution is 7.87. The lowest BCUT2D eigenvalue weighted by Gasteiger charge is -2.20. The molecule has 1 rings (SSSR count). The molecule has 1 aliphatic rings. The van der Waals surface area contributed by atoms with Gasteiger partial charge in [-0.3, -0.25) is 0 Å². The first-order valence-corrected chi connectivity index (χ1v) is 8.36. The summed E-state index contributed by atoms with van der Waals surface area (Å²) in [5.41, 5.74) is 0. The smallest absolute Gasteiger partial charge is 0.279 e. The van der Waals surface area contributed by atoms with E-state index in [1.807, 2.05) is 6.92 Å². The third-order valence-corrected chi connectivity index (χ3v) is 4.85. The lowest BCUT2D eigenvalue weighted by Crippen LogP contribution is -2.43. The van der Waals surface area contributed by atoms with Crippen LogP contribution in [0.2, 0.25) is 0 Å². The minimum atomic E-state index is -3.31. The molecule has 0 radical (unpaired) electrons. The number of hydrogen-bond acceptors (Lipinski definition) is 3. The first kappa shape index (κ1) is 15.9. The zero-order chi connectivity index (χ0) is 13.6. The van der Waals surface area contributed by atoms with Gasteiger partial charge in [-0.2, -0.15) is 17.4 Å². The molecular formula is C12H27N3O2S. The molecule has 0 aromatic carbocycles. The predicted octanol–water partition coefficient (Wildman–Crippen LogP) is 1.08. The first-order chi connectivity index (χ1) is 8.45. The van der Waals surface area contributed by atoms with Crippen LogP contribution in [-0.2, 0) is 10.2 Å². The minimum absolute atomic E-state index is 0.00652. The highest BCUT2D eigenvalue weighted by Crippen LogP contribution is 2.18. The highest BCUT2D eigenvalue weighted by atomic mass is 32.2. The summed E-state index contributed by atoms with van der Waals surface area (Å²) in [7, 11) is -1.67. The molecule has 0 aromatic heterocycles. The van der Waals surface area contributed by atoms with E-state index in [0.717, 1.165) is 25.8 Å². The Labute approximate surface area is 112 Å².